The predicted octanol–water partition coefficient (Wildman–Crippen LogP) is 2.55. The van der Waals surface area contributed by atoms with E-state index in [1.54, 1.807) is 6.92 Å². The van der Waals surface area contributed by atoms with E-state index < -0.39 is 5.97 Å². The van der Waals surface area contributed by atoms with Gasteiger partial charge in [-0.3, -0.25) is 0 Å². The number of H-pyrrole nitrogens is 1. The maximum atomic E-state index is 12.4. The molecule has 1 aliphatic rings. The Kier molecular flexibility index (Phi) is 4.64. The second-order valence-corrected chi connectivity index (χ2v) is 6.18. The third kappa shape index (κ3) is 3.31. The van der Waals surface area contributed by atoms with E-state index in [0.29, 0.717) is 25.5 Å². The van der Waals surface area contributed by atoms with Crippen molar-refractivity contribution in [2.75, 3.05) is 25.6 Å². The molecule has 0 saturated carbocycles. The number of aromatic amines is 1. The fourth-order valence-electron chi connectivity index (χ4n) is 3.09. The molecule has 3 heterocycles. The van der Waals surface area contributed by atoms with Crippen LogP contribution in [-0.4, -0.2) is 46.8 Å². The van der Waals surface area contributed by atoms with Crippen molar-refractivity contribution in [3.05, 3.63) is 36.0 Å². The SMILES string of the molecule is CCOC(=O)c1c(N)nc(-c2cccc3cc[nH]c23)nc1OC1CCOC1. The molecule has 0 radical (unpaired) electrons. The molecule has 140 valence electrons. The van der Waals surface area contributed by atoms with Gasteiger partial charge in [-0.05, 0) is 19.1 Å². The Labute approximate surface area is 155 Å². The molecule has 1 unspecified atom stereocenters. The van der Waals surface area contributed by atoms with Gasteiger partial charge in [0.05, 0.1) is 25.3 Å². The Morgan fingerprint density at radius 3 is 3.04 bits per heavy atom. The standard InChI is InChI=1S/C19H20N4O4/c1-2-26-19(24)14-16(20)22-17(23-18(14)27-12-7-9-25-10-12)13-5-3-4-11-6-8-21-15(11)13/h3-6,8,12,21H,2,7,9-10H2,1H3,(H2,20,22,23). The van der Waals surface area contributed by atoms with Crippen molar-refractivity contribution >= 4 is 22.7 Å². The number of anilines is 1. The first-order valence-electron chi connectivity index (χ1n) is 8.83. The van der Waals surface area contributed by atoms with Gasteiger partial charge >= 0.3 is 5.97 Å². The van der Waals surface area contributed by atoms with Crippen molar-refractivity contribution in [1.29, 1.82) is 0 Å². The maximum absolute atomic E-state index is 12.4. The van der Waals surface area contributed by atoms with Crippen LogP contribution in [0.2, 0.25) is 0 Å². The summed E-state index contributed by atoms with van der Waals surface area (Å²) in [4.78, 5) is 24.4. The van der Waals surface area contributed by atoms with Gasteiger partial charge in [0.15, 0.2) is 11.4 Å². The summed E-state index contributed by atoms with van der Waals surface area (Å²) in [6.45, 7) is 2.98. The van der Waals surface area contributed by atoms with Gasteiger partial charge in [0, 0.05) is 23.6 Å². The molecule has 0 aliphatic carbocycles. The van der Waals surface area contributed by atoms with E-state index in [2.05, 4.69) is 15.0 Å². The van der Waals surface area contributed by atoms with Crippen LogP contribution in [0.4, 0.5) is 5.82 Å². The monoisotopic (exact) mass is 368 g/mol. The zero-order valence-electron chi connectivity index (χ0n) is 14.9. The Morgan fingerprint density at radius 2 is 2.26 bits per heavy atom. The van der Waals surface area contributed by atoms with E-state index in [-0.39, 0.29) is 30.0 Å². The molecule has 1 saturated heterocycles. The summed E-state index contributed by atoms with van der Waals surface area (Å²) in [7, 11) is 0. The Bertz CT molecular complexity index is 979. The Hall–Kier alpha value is -3.13. The molecule has 27 heavy (non-hydrogen) atoms. The lowest BCUT2D eigenvalue weighted by atomic mass is 10.1. The summed E-state index contributed by atoms with van der Waals surface area (Å²) in [5, 5.41) is 1.02. The zero-order valence-corrected chi connectivity index (χ0v) is 14.9. The number of rotatable bonds is 5. The number of nitrogens with zero attached hydrogens (tertiary/aromatic N) is 2. The summed E-state index contributed by atoms with van der Waals surface area (Å²) >= 11 is 0. The molecule has 8 heteroatoms. The second kappa shape index (κ2) is 7.24. The van der Waals surface area contributed by atoms with Gasteiger partial charge < -0.3 is 24.9 Å². The van der Waals surface area contributed by atoms with Gasteiger partial charge in [-0.15, -0.1) is 0 Å². The predicted molar refractivity (Wildman–Crippen MR) is 99.5 cm³/mol. The molecule has 1 fully saturated rings. The number of fused-ring (bicyclic) bond motifs is 1. The number of hydrogen-bond donors (Lipinski definition) is 2. The molecular weight excluding hydrogens is 348 g/mol. The number of nitrogen functional groups attached to an aromatic ring is 1. The second-order valence-electron chi connectivity index (χ2n) is 6.18. The van der Waals surface area contributed by atoms with Crippen LogP contribution >= 0.6 is 0 Å². The average molecular weight is 368 g/mol. The first-order valence-corrected chi connectivity index (χ1v) is 8.83. The van der Waals surface area contributed by atoms with E-state index in [1.165, 1.54) is 0 Å². The van der Waals surface area contributed by atoms with Crippen molar-refractivity contribution < 1.29 is 19.0 Å². The first kappa shape index (κ1) is 17.3. The highest BCUT2D eigenvalue weighted by molar-refractivity contribution is 5.98. The van der Waals surface area contributed by atoms with E-state index in [9.17, 15) is 4.79 Å². The Balaban J connectivity index is 1.82. The molecule has 0 spiro atoms. The zero-order chi connectivity index (χ0) is 18.8. The van der Waals surface area contributed by atoms with Crippen LogP contribution in [0.3, 0.4) is 0 Å². The van der Waals surface area contributed by atoms with Gasteiger partial charge in [-0.25, -0.2) is 9.78 Å². The maximum Gasteiger partial charge on any atom is 0.347 e. The lowest BCUT2D eigenvalue weighted by molar-refractivity contribution is 0.0517. The molecule has 1 atom stereocenters. The molecule has 0 amide bonds. The molecule has 1 aliphatic heterocycles. The van der Waals surface area contributed by atoms with Crippen molar-refractivity contribution in [3.63, 3.8) is 0 Å². The average Bonchev–Trinajstić information content (AvgIpc) is 3.32. The van der Waals surface area contributed by atoms with Gasteiger partial charge in [0.2, 0.25) is 5.88 Å². The van der Waals surface area contributed by atoms with E-state index in [0.717, 1.165) is 16.5 Å². The molecule has 3 aromatic rings. The van der Waals surface area contributed by atoms with Crippen molar-refractivity contribution in [1.82, 2.24) is 15.0 Å². The van der Waals surface area contributed by atoms with Crippen LogP contribution in [0.5, 0.6) is 5.88 Å². The van der Waals surface area contributed by atoms with E-state index in [4.69, 9.17) is 19.9 Å². The molecule has 1 aromatic carbocycles. The van der Waals surface area contributed by atoms with Crippen molar-refractivity contribution in [3.8, 4) is 17.3 Å². The van der Waals surface area contributed by atoms with Gasteiger partial charge in [-0.1, -0.05) is 12.1 Å². The summed E-state index contributed by atoms with van der Waals surface area (Å²) < 4.78 is 16.4. The number of carbonyl (C=O) groups is 1. The number of esters is 1. The van der Waals surface area contributed by atoms with Crippen LogP contribution < -0.4 is 10.5 Å². The number of para-hydroxylation sites is 1. The minimum Gasteiger partial charge on any atom is -0.471 e. The Morgan fingerprint density at radius 1 is 1.37 bits per heavy atom. The van der Waals surface area contributed by atoms with Gasteiger partial charge in [-0.2, -0.15) is 4.98 Å². The largest absolute Gasteiger partial charge is 0.471 e. The van der Waals surface area contributed by atoms with Crippen molar-refractivity contribution in [2.45, 2.75) is 19.4 Å². The molecule has 0 bridgehead atoms. The quantitative estimate of drug-likeness (QED) is 0.666. The minimum absolute atomic E-state index is 0.0240. The first-order chi connectivity index (χ1) is 13.2. The molecule has 4 rings (SSSR count). The highest BCUT2D eigenvalue weighted by Gasteiger charge is 2.27. The molecular formula is C19H20N4O4. The summed E-state index contributed by atoms with van der Waals surface area (Å²) in [5.74, 6) is -0.0815. The van der Waals surface area contributed by atoms with E-state index in [1.807, 2.05) is 30.5 Å². The number of nitrogens with one attached hydrogen (secondary N) is 1. The molecule has 3 N–H and O–H groups in total. The molecule has 8 nitrogen and oxygen atoms in total. The summed E-state index contributed by atoms with van der Waals surface area (Å²) in [6.07, 6.45) is 2.37. The molecule has 2 aromatic heterocycles. The lowest BCUT2D eigenvalue weighted by Crippen LogP contribution is -2.21. The smallest absolute Gasteiger partial charge is 0.347 e. The van der Waals surface area contributed by atoms with Gasteiger partial charge in [0.25, 0.3) is 0 Å². The van der Waals surface area contributed by atoms with Gasteiger partial charge in [0.1, 0.15) is 11.9 Å². The summed E-state index contributed by atoms with van der Waals surface area (Å²) in [6, 6.07) is 7.75. The van der Waals surface area contributed by atoms with Crippen LogP contribution in [-0.2, 0) is 9.47 Å². The number of aromatic nitrogens is 3. The third-order valence-corrected chi connectivity index (χ3v) is 4.38. The van der Waals surface area contributed by atoms with Crippen molar-refractivity contribution in [2.24, 2.45) is 0 Å². The van der Waals surface area contributed by atoms with Crippen LogP contribution in [0.15, 0.2) is 30.5 Å². The normalized spacial score (nSPS) is 16.6. The third-order valence-electron chi connectivity index (χ3n) is 4.38. The fourth-order valence-corrected chi connectivity index (χ4v) is 3.09. The van der Waals surface area contributed by atoms with Crippen LogP contribution in [0.25, 0.3) is 22.3 Å². The fraction of sp³-hybridized carbons (Fsp3) is 0.316. The van der Waals surface area contributed by atoms with Crippen LogP contribution in [0, 0.1) is 0 Å². The minimum atomic E-state index is -0.603. The number of hydrogen-bond acceptors (Lipinski definition) is 7. The number of nitrogens with two attached hydrogens (primary N) is 1. The number of ether oxygens (including phenoxy) is 3. The van der Waals surface area contributed by atoms with E-state index >= 15 is 0 Å². The number of carbonyl (C=O) groups excluding carboxylic acids is 1. The lowest BCUT2D eigenvalue weighted by Gasteiger charge is -2.16. The highest BCUT2D eigenvalue weighted by Crippen LogP contribution is 2.31. The van der Waals surface area contributed by atoms with Crippen LogP contribution in [0.1, 0.15) is 23.7 Å². The summed E-state index contributed by atoms with van der Waals surface area (Å²) in [5.41, 5.74) is 7.81. The topological polar surface area (TPSA) is 112 Å². The highest BCUT2D eigenvalue weighted by atomic mass is 16.6. The number of benzene rings is 1.